The lowest BCUT2D eigenvalue weighted by atomic mass is 10.2. The van der Waals surface area contributed by atoms with Gasteiger partial charge in [0.15, 0.2) is 0 Å². The Hall–Kier alpha value is -2.72. The second-order valence-electron chi connectivity index (χ2n) is 5.40. The Morgan fingerprint density at radius 3 is 2.46 bits per heavy atom. The highest BCUT2D eigenvalue weighted by atomic mass is 32.1. The van der Waals surface area contributed by atoms with Crippen molar-refractivity contribution in [1.82, 2.24) is 4.98 Å². The molecule has 0 saturated carbocycles. The molecule has 0 saturated heterocycles. The minimum Gasteiger partial charge on any atom is -0.488 e. The van der Waals surface area contributed by atoms with Crippen LogP contribution in [0.15, 0.2) is 72.8 Å². The van der Waals surface area contributed by atoms with E-state index in [0.29, 0.717) is 6.61 Å². The number of hydrogen-bond donors (Lipinski definition) is 0. The molecule has 0 aliphatic carbocycles. The largest absolute Gasteiger partial charge is 0.488 e. The van der Waals surface area contributed by atoms with Crippen molar-refractivity contribution in [3.8, 4) is 16.3 Å². The van der Waals surface area contributed by atoms with Crippen molar-refractivity contribution in [3.05, 3.63) is 84.2 Å². The topological polar surface area (TPSA) is 22.1 Å². The number of hydrogen-bond acceptors (Lipinski definition) is 3. The van der Waals surface area contributed by atoms with Crippen LogP contribution in [0.5, 0.6) is 5.75 Å². The van der Waals surface area contributed by atoms with Gasteiger partial charge in [-0.1, -0.05) is 36.4 Å². The third-order valence-corrected chi connectivity index (χ3v) is 4.79. The second-order valence-corrected chi connectivity index (χ2v) is 6.43. The predicted octanol–water partition coefficient (Wildman–Crippen LogP) is 5.68. The van der Waals surface area contributed by atoms with Crippen molar-refractivity contribution < 1.29 is 9.13 Å². The first-order valence-electron chi connectivity index (χ1n) is 7.62. The Labute approximate surface area is 143 Å². The fraction of sp³-hybridized carbons (Fsp3) is 0.0500. The van der Waals surface area contributed by atoms with Gasteiger partial charge in [0, 0.05) is 0 Å². The monoisotopic (exact) mass is 335 g/mol. The molecule has 3 aromatic carbocycles. The molecule has 2 nitrogen and oxygen atoms in total. The molecule has 0 atom stereocenters. The molecule has 0 bridgehead atoms. The van der Waals surface area contributed by atoms with Gasteiger partial charge in [0.1, 0.15) is 23.2 Å². The molecule has 0 amide bonds. The van der Waals surface area contributed by atoms with E-state index in [2.05, 4.69) is 6.07 Å². The average molecular weight is 335 g/mol. The van der Waals surface area contributed by atoms with Crippen LogP contribution in [0.25, 0.3) is 20.8 Å². The fourth-order valence-electron chi connectivity index (χ4n) is 2.50. The van der Waals surface area contributed by atoms with E-state index in [1.807, 2.05) is 42.5 Å². The van der Waals surface area contributed by atoms with Gasteiger partial charge in [-0.15, -0.1) is 11.3 Å². The highest BCUT2D eigenvalue weighted by Crippen LogP contribution is 2.35. The smallest absolute Gasteiger partial charge is 0.130 e. The molecule has 0 unspecified atom stereocenters. The molecule has 0 aliphatic rings. The van der Waals surface area contributed by atoms with E-state index in [0.717, 1.165) is 32.1 Å². The molecule has 4 rings (SSSR count). The van der Waals surface area contributed by atoms with Crippen molar-refractivity contribution in [2.24, 2.45) is 0 Å². The number of aromatic nitrogens is 1. The summed E-state index contributed by atoms with van der Waals surface area (Å²) in [5.74, 6) is 0.537. The maximum absolute atomic E-state index is 13.0. The number of nitrogens with zero attached hydrogens (tertiary/aromatic N) is 1. The van der Waals surface area contributed by atoms with Crippen LogP contribution in [0.4, 0.5) is 4.39 Å². The van der Waals surface area contributed by atoms with E-state index in [1.165, 1.54) is 12.1 Å². The van der Waals surface area contributed by atoms with Crippen LogP contribution in [0.1, 0.15) is 5.56 Å². The highest BCUT2D eigenvalue weighted by molar-refractivity contribution is 7.21. The Kier molecular flexibility index (Phi) is 3.97. The summed E-state index contributed by atoms with van der Waals surface area (Å²) in [4.78, 5) is 4.70. The standard InChI is InChI=1S/C20H14FNOS/c21-15-11-9-14(10-12-15)13-23-18-7-3-1-5-16(18)20-22-17-6-2-4-8-19(17)24-20/h1-12H,13H2. The van der Waals surface area contributed by atoms with Gasteiger partial charge >= 0.3 is 0 Å². The number of thiazole rings is 1. The third-order valence-electron chi connectivity index (χ3n) is 3.72. The SMILES string of the molecule is Fc1ccc(COc2ccccc2-c2nc3ccccc3s2)cc1. The van der Waals surface area contributed by atoms with Gasteiger partial charge in [-0.25, -0.2) is 9.37 Å². The number of para-hydroxylation sites is 2. The van der Waals surface area contributed by atoms with Crippen molar-refractivity contribution in [3.63, 3.8) is 0 Å². The predicted molar refractivity (Wildman–Crippen MR) is 95.8 cm³/mol. The number of ether oxygens (including phenoxy) is 1. The molecule has 24 heavy (non-hydrogen) atoms. The van der Waals surface area contributed by atoms with Crippen molar-refractivity contribution in [2.75, 3.05) is 0 Å². The zero-order valence-electron chi connectivity index (χ0n) is 12.8. The summed E-state index contributed by atoms with van der Waals surface area (Å²) in [6.07, 6.45) is 0. The Balaban J connectivity index is 1.63. The van der Waals surface area contributed by atoms with Crippen LogP contribution >= 0.6 is 11.3 Å². The third kappa shape index (κ3) is 3.01. The summed E-state index contributed by atoms with van der Waals surface area (Å²) in [6, 6.07) is 22.3. The first kappa shape index (κ1) is 14.8. The average Bonchev–Trinajstić information content (AvgIpc) is 3.05. The van der Waals surface area contributed by atoms with E-state index in [4.69, 9.17) is 9.72 Å². The van der Waals surface area contributed by atoms with Gasteiger partial charge in [0.25, 0.3) is 0 Å². The lowest BCUT2D eigenvalue weighted by molar-refractivity contribution is 0.307. The van der Waals surface area contributed by atoms with E-state index in [-0.39, 0.29) is 5.82 Å². The second kappa shape index (κ2) is 6.42. The van der Waals surface area contributed by atoms with Gasteiger partial charge in [0.05, 0.1) is 15.8 Å². The maximum Gasteiger partial charge on any atom is 0.130 e. The van der Waals surface area contributed by atoms with Crippen LogP contribution in [0, 0.1) is 5.82 Å². The van der Waals surface area contributed by atoms with Crippen molar-refractivity contribution >= 4 is 21.6 Å². The first-order valence-corrected chi connectivity index (χ1v) is 8.43. The van der Waals surface area contributed by atoms with Gasteiger partial charge < -0.3 is 4.74 Å². The minimum absolute atomic E-state index is 0.242. The van der Waals surface area contributed by atoms with E-state index < -0.39 is 0 Å². The molecule has 0 N–H and O–H groups in total. The van der Waals surface area contributed by atoms with Crippen molar-refractivity contribution in [2.45, 2.75) is 6.61 Å². The summed E-state index contributed by atoms with van der Waals surface area (Å²) in [5.41, 5.74) is 2.89. The van der Waals surface area contributed by atoms with E-state index in [1.54, 1.807) is 23.5 Å². The van der Waals surface area contributed by atoms with Gasteiger partial charge in [-0.3, -0.25) is 0 Å². The molecule has 0 radical (unpaired) electrons. The fourth-order valence-corrected chi connectivity index (χ4v) is 3.49. The van der Waals surface area contributed by atoms with Gasteiger partial charge in [0.2, 0.25) is 0 Å². The lowest BCUT2D eigenvalue weighted by Gasteiger charge is -2.10. The van der Waals surface area contributed by atoms with E-state index >= 15 is 0 Å². The molecule has 0 spiro atoms. The zero-order valence-corrected chi connectivity index (χ0v) is 13.6. The quantitative estimate of drug-likeness (QED) is 0.478. The van der Waals surface area contributed by atoms with Crippen LogP contribution < -0.4 is 4.74 Å². The number of halogens is 1. The van der Waals surface area contributed by atoms with Crippen molar-refractivity contribution in [1.29, 1.82) is 0 Å². The molecule has 1 aromatic heterocycles. The lowest BCUT2D eigenvalue weighted by Crippen LogP contribution is -1.97. The van der Waals surface area contributed by atoms with Gasteiger partial charge in [-0.2, -0.15) is 0 Å². The summed E-state index contributed by atoms with van der Waals surface area (Å²) < 4.78 is 20.1. The van der Waals surface area contributed by atoms with E-state index in [9.17, 15) is 4.39 Å². The molecule has 4 heteroatoms. The van der Waals surface area contributed by atoms with Crippen LogP contribution in [-0.2, 0) is 6.61 Å². The normalized spacial score (nSPS) is 10.9. The Morgan fingerprint density at radius 2 is 1.62 bits per heavy atom. The summed E-state index contributed by atoms with van der Waals surface area (Å²) in [7, 11) is 0. The zero-order chi connectivity index (χ0) is 16.4. The molecule has 0 aliphatic heterocycles. The Bertz CT molecular complexity index is 945. The van der Waals surface area contributed by atoms with Crippen LogP contribution in [-0.4, -0.2) is 4.98 Å². The summed E-state index contributed by atoms with van der Waals surface area (Å²) in [5, 5.41) is 0.936. The molecule has 1 heterocycles. The summed E-state index contributed by atoms with van der Waals surface area (Å²) in [6.45, 7) is 0.391. The molecule has 118 valence electrons. The minimum atomic E-state index is -0.242. The number of rotatable bonds is 4. The maximum atomic E-state index is 13.0. The molecule has 4 aromatic rings. The van der Waals surface area contributed by atoms with Gasteiger partial charge in [-0.05, 0) is 42.0 Å². The first-order chi connectivity index (χ1) is 11.8. The number of benzene rings is 3. The molecular formula is C20H14FNOS. The van der Waals surface area contributed by atoms with Crippen LogP contribution in [0.3, 0.4) is 0 Å². The molecular weight excluding hydrogens is 321 g/mol. The van der Waals surface area contributed by atoms with Crippen LogP contribution in [0.2, 0.25) is 0 Å². The molecule has 0 fully saturated rings. The summed E-state index contributed by atoms with van der Waals surface area (Å²) >= 11 is 1.65. The number of fused-ring (bicyclic) bond motifs is 1. The Morgan fingerprint density at radius 1 is 0.875 bits per heavy atom. The highest BCUT2D eigenvalue weighted by Gasteiger charge is 2.11.